The molecule has 1 aliphatic rings. The molecule has 1 aromatic carbocycles. The van der Waals surface area contributed by atoms with E-state index in [1.807, 2.05) is 13.0 Å². The quantitative estimate of drug-likeness (QED) is 0.608. The van der Waals surface area contributed by atoms with Crippen molar-refractivity contribution in [2.75, 3.05) is 0 Å². The third-order valence-corrected chi connectivity index (χ3v) is 2.92. The van der Waals surface area contributed by atoms with Crippen molar-refractivity contribution in [1.29, 1.82) is 0 Å². The van der Waals surface area contributed by atoms with E-state index in [4.69, 9.17) is 0 Å². The summed E-state index contributed by atoms with van der Waals surface area (Å²) in [5, 5.41) is 20.6. The zero-order valence-electron chi connectivity index (χ0n) is 8.56. The van der Waals surface area contributed by atoms with Crippen molar-refractivity contribution in [3.8, 4) is 0 Å². The minimum Gasteiger partial charge on any atom is -0.390 e. The van der Waals surface area contributed by atoms with Crippen molar-refractivity contribution < 1.29 is 10.0 Å². The zero-order valence-corrected chi connectivity index (χ0v) is 8.56. The number of nitro benzene ring substituents is 1. The van der Waals surface area contributed by atoms with E-state index in [1.165, 1.54) is 6.07 Å². The van der Waals surface area contributed by atoms with Crippen LogP contribution in [-0.2, 0) is 6.42 Å². The Kier molecular flexibility index (Phi) is 2.23. The molecule has 0 unspecified atom stereocenters. The average molecular weight is 207 g/mol. The highest BCUT2D eigenvalue weighted by atomic mass is 16.6. The Bertz CT molecular complexity index is 410. The molecule has 0 radical (unpaired) electrons. The van der Waals surface area contributed by atoms with Gasteiger partial charge in [0.15, 0.2) is 0 Å². The minimum absolute atomic E-state index is 0.121. The van der Waals surface area contributed by atoms with Gasteiger partial charge in [-0.05, 0) is 25.3 Å². The molecule has 0 atom stereocenters. The number of aliphatic hydroxyl groups is 1. The molecular formula is C11H13NO3. The first-order chi connectivity index (χ1) is 7.02. The molecule has 0 spiro atoms. The fraction of sp³-hybridized carbons (Fsp3) is 0.455. The summed E-state index contributed by atoms with van der Waals surface area (Å²) in [6.45, 7) is 1.84. The Morgan fingerprint density at radius 3 is 2.73 bits per heavy atom. The Balaban J connectivity index is 2.38. The lowest BCUT2D eigenvalue weighted by Gasteiger charge is -2.10. The maximum atomic E-state index is 10.8. The topological polar surface area (TPSA) is 63.4 Å². The number of rotatable bonds is 3. The first-order valence-corrected chi connectivity index (χ1v) is 4.97. The standard InChI is InChI=1S/C11H13NO3/c1-8-3-2-4-10(12(14)15)9(8)7-11(13)5-6-11/h2-4,13H,5-7H2,1H3. The van der Waals surface area contributed by atoms with Gasteiger partial charge in [0.1, 0.15) is 0 Å². The van der Waals surface area contributed by atoms with Crippen LogP contribution in [-0.4, -0.2) is 15.6 Å². The predicted molar refractivity (Wildman–Crippen MR) is 55.7 cm³/mol. The molecule has 1 fully saturated rings. The molecule has 4 nitrogen and oxygen atoms in total. The van der Waals surface area contributed by atoms with E-state index in [0.717, 1.165) is 18.4 Å². The largest absolute Gasteiger partial charge is 0.390 e. The molecule has 0 saturated heterocycles. The Morgan fingerprint density at radius 2 is 2.20 bits per heavy atom. The Labute approximate surface area is 87.7 Å². The molecule has 1 saturated carbocycles. The first-order valence-electron chi connectivity index (χ1n) is 4.97. The van der Waals surface area contributed by atoms with Gasteiger partial charge in [-0.15, -0.1) is 0 Å². The number of benzene rings is 1. The summed E-state index contributed by atoms with van der Waals surface area (Å²) >= 11 is 0. The molecule has 80 valence electrons. The molecular weight excluding hydrogens is 194 g/mol. The minimum atomic E-state index is -0.684. The van der Waals surface area contributed by atoms with Gasteiger partial charge >= 0.3 is 0 Å². The van der Waals surface area contributed by atoms with E-state index in [0.29, 0.717) is 12.0 Å². The van der Waals surface area contributed by atoms with E-state index in [9.17, 15) is 15.2 Å². The zero-order chi connectivity index (χ0) is 11.1. The number of hydrogen-bond donors (Lipinski definition) is 1. The normalized spacial score (nSPS) is 17.5. The molecule has 0 amide bonds. The lowest BCUT2D eigenvalue weighted by Crippen LogP contribution is -2.13. The summed E-state index contributed by atoms with van der Waals surface area (Å²) in [6, 6.07) is 5.01. The second-order valence-electron chi connectivity index (χ2n) is 4.23. The fourth-order valence-corrected chi connectivity index (χ4v) is 1.74. The van der Waals surface area contributed by atoms with Crippen LogP contribution in [0, 0.1) is 17.0 Å². The summed E-state index contributed by atoms with van der Waals surface area (Å²) in [7, 11) is 0. The van der Waals surface area contributed by atoms with Crippen LogP contribution < -0.4 is 0 Å². The molecule has 1 N–H and O–H groups in total. The van der Waals surface area contributed by atoms with Crippen LogP contribution >= 0.6 is 0 Å². The molecule has 1 aromatic rings. The van der Waals surface area contributed by atoms with Gasteiger partial charge in [-0.3, -0.25) is 10.1 Å². The predicted octanol–water partition coefficient (Wildman–Crippen LogP) is 1.97. The van der Waals surface area contributed by atoms with Crippen LogP contribution in [0.5, 0.6) is 0 Å². The smallest absolute Gasteiger partial charge is 0.272 e. The van der Waals surface area contributed by atoms with Crippen LogP contribution in [0.4, 0.5) is 5.69 Å². The molecule has 0 heterocycles. The van der Waals surface area contributed by atoms with Crippen molar-refractivity contribution in [3.05, 3.63) is 39.4 Å². The lowest BCUT2D eigenvalue weighted by molar-refractivity contribution is -0.385. The maximum Gasteiger partial charge on any atom is 0.272 e. The van der Waals surface area contributed by atoms with Crippen LogP contribution in [0.1, 0.15) is 24.0 Å². The number of nitrogens with zero attached hydrogens (tertiary/aromatic N) is 1. The van der Waals surface area contributed by atoms with Crippen LogP contribution in [0.3, 0.4) is 0 Å². The molecule has 0 bridgehead atoms. The highest BCUT2D eigenvalue weighted by Gasteiger charge is 2.42. The third-order valence-electron chi connectivity index (χ3n) is 2.92. The van der Waals surface area contributed by atoms with Crippen molar-refractivity contribution in [2.45, 2.75) is 31.8 Å². The first kappa shape index (κ1) is 10.1. The monoisotopic (exact) mass is 207 g/mol. The Morgan fingerprint density at radius 1 is 1.53 bits per heavy atom. The summed E-state index contributed by atoms with van der Waals surface area (Å²) in [4.78, 5) is 10.4. The van der Waals surface area contributed by atoms with Crippen molar-refractivity contribution in [1.82, 2.24) is 0 Å². The second kappa shape index (κ2) is 3.31. The van der Waals surface area contributed by atoms with Gasteiger partial charge in [0.05, 0.1) is 10.5 Å². The van der Waals surface area contributed by atoms with Crippen molar-refractivity contribution in [3.63, 3.8) is 0 Å². The van der Waals surface area contributed by atoms with Crippen LogP contribution in [0.2, 0.25) is 0 Å². The SMILES string of the molecule is Cc1cccc([N+](=O)[O-])c1CC1(O)CC1. The van der Waals surface area contributed by atoms with Gasteiger partial charge in [0, 0.05) is 18.1 Å². The molecule has 1 aliphatic carbocycles. The second-order valence-corrected chi connectivity index (χ2v) is 4.23. The third kappa shape index (κ3) is 1.99. The summed E-state index contributed by atoms with van der Waals surface area (Å²) < 4.78 is 0. The number of aryl methyl sites for hydroxylation is 1. The van der Waals surface area contributed by atoms with E-state index >= 15 is 0 Å². The van der Waals surface area contributed by atoms with Crippen molar-refractivity contribution in [2.24, 2.45) is 0 Å². The van der Waals surface area contributed by atoms with Crippen LogP contribution in [0.25, 0.3) is 0 Å². The summed E-state index contributed by atoms with van der Waals surface area (Å²) in [5.41, 5.74) is 0.985. The molecule has 0 aromatic heterocycles. The highest BCUT2D eigenvalue weighted by molar-refractivity contribution is 5.46. The molecule has 15 heavy (non-hydrogen) atoms. The molecule has 2 rings (SSSR count). The highest BCUT2D eigenvalue weighted by Crippen LogP contribution is 2.40. The van der Waals surface area contributed by atoms with E-state index in [-0.39, 0.29) is 10.6 Å². The van der Waals surface area contributed by atoms with Gasteiger partial charge in [0.25, 0.3) is 5.69 Å². The average Bonchev–Trinajstić information content (AvgIpc) is 2.87. The van der Waals surface area contributed by atoms with E-state index in [2.05, 4.69) is 0 Å². The van der Waals surface area contributed by atoms with Gasteiger partial charge in [-0.1, -0.05) is 12.1 Å². The van der Waals surface area contributed by atoms with Gasteiger partial charge < -0.3 is 5.11 Å². The van der Waals surface area contributed by atoms with Gasteiger partial charge in [-0.25, -0.2) is 0 Å². The number of hydrogen-bond acceptors (Lipinski definition) is 3. The van der Waals surface area contributed by atoms with Gasteiger partial charge in [-0.2, -0.15) is 0 Å². The van der Waals surface area contributed by atoms with E-state index in [1.54, 1.807) is 6.07 Å². The lowest BCUT2D eigenvalue weighted by atomic mass is 9.99. The van der Waals surface area contributed by atoms with Gasteiger partial charge in [0.2, 0.25) is 0 Å². The Hall–Kier alpha value is -1.42. The fourth-order valence-electron chi connectivity index (χ4n) is 1.74. The summed E-state index contributed by atoms with van der Waals surface area (Å²) in [6.07, 6.45) is 1.90. The molecule has 0 aliphatic heterocycles. The van der Waals surface area contributed by atoms with Crippen LogP contribution in [0.15, 0.2) is 18.2 Å². The van der Waals surface area contributed by atoms with E-state index < -0.39 is 5.60 Å². The molecule has 4 heteroatoms. The maximum absolute atomic E-state index is 10.8. The van der Waals surface area contributed by atoms with Crippen molar-refractivity contribution >= 4 is 5.69 Å². The summed E-state index contributed by atoms with van der Waals surface area (Å²) in [5.74, 6) is 0. The number of nitro groups is 1.